The van der Waals surface area contributed by atoms with E-state index in [-0.39, 0.29) is 68.3 Å². The lowest BCUT2D eigenvalue weighted by molar-refractivity contribution is -0.132. The summed E-state index contributed by atoms with van der Waals surface area (Å²) in [5, 5.41) is 12.0. The first-order valence-corrected chi connectivity index (χ1v) is 16.2. The lowest BCUT2D eigenvalue weighted by Crippen LogP contribution is -2.57. The topological polar surface area (TPSA) is 76.5 Å². The van der Waals surface area contributed by atoms with E-state index in [0.717, 1.165) is 5.39 Å². The Bertz CT molecular complexity index is 1900. The van der Waals surface area contributed by atoms with Gasteiger partial charge in [0.05, 0.1) is 11.1 Å². The molecule has 2 aromatic rings. The van der Waals surface area contributed by atoms with E-state index in [1.165, 1.54) is 11.0 Å². The summed E-state index contributed by atoms with van der Waals surface area (Å²) in [6, 6.07) is 9.09. The number of benzene rings is 2. The van der Waals surface area contributed by atoms with Crippen LogP contribution in [0, 0.1) is 29.6 Å². The van der Waals surface area contributed by atoms with Crippen LogP contribution in [0.1, 0.15) is 12.0 Å². The van der Waals surface area contributed by atoms with Crippen molar-refractivity contribution < 1.29 is 22.7 Å². The number of halogens is 5. The minimum absolute atomic E-state index is 0.0415. The molecular formula is C35H31Cl2F3N6O2. The molecule has 0 bridgehead atoms. The van der Waals surface area contributed by atoms with Crippen LogP contribution < -0.4 is 0 Å². The van der Waals surface area contributed by atoms with E-state index in [1.807, 2.05) is 35.1 Å². The highest BCUT2D eigenvalue weighted by Crippen LogP contribution is 2.44. The van der Waals surface area contributed by atoms with Crippen molar-refractivity contribution in [3.05, 3.63) is 99.0 Å². The Morgan fingerprint density at radius 2 is 2.00 bits per heavy atom. The van der Waals surface area contributed by atoms with Crippen molar-refractivity contribution in [1.29, 1.82) is 5.26 Å². The molecule has 2 unspecified atom stereocenters. The number of amides is 1. The molecule has 48 heavy (non-hydrogen) atoms. The quantitative estimate of drug-likeness (QED) is 0.262. The molecule has 5 atom stereocenters. The fourth-order valence-corrected chi connectivity index (χ4v) is 7.59. The number of nitriles is 1. The van der Waals surface area contributed by atoms with Crippen LogP contribution in [0.4, 0.5) is 13.2 Å². The molecule has 8 nitrogen and oxygen atoms in total. The molecule has 4 aliphatic rings. The number of hydrogen-bond acceptors (Lipinski definition) is 6. The van der Waals surface area contributed by atoms with Crippen molar-refractivity contribution in [2.45, 2.75) is 30.7 Å². The van der Waals surface area contributed by atoms with Crippen molar-refractivity contribution in [1.82, 2.24) is 14.7 Å². The predicted octanol–water partition coefficient (Wildman–Crippen LogP) is 6.30. The van der Waals surface area contributed by atoms with Crippen molar-refractivity contribution in [2.75, 3.05) is 46.4 Å². The SMILES string of the molecule is [C-]#[N+]C[C@H]1CN(C2=C(C#N)C(OC[C@@H]3C[C@@H](F)CN3C)=NC3C=C(c4cccc5ccc(F)c(Cl)c45)C(Cl)=CC23)CCN1C(=O)C(=C)F. The van der Waals surface area contributed by atoms with Crippen LogP contribution in [0.25, 0.3) is 21.2 Å². The summed E-state index contributed by atoms with van der Waals surface area (Å²) in [7, 11) is 1.81. The molecule has 3 aliphatic heterocycles. The maximum Gasteiger partial charge on any atom is 0.282 e. The summed E-state index contributed by atoms with van der Waals surface area (Å²) < 4.78 is 48.9. The van der Waals surface area contributed by atoms with Crippen LogP contribution in [0.2, 0.25) is 5.02 Å². The molecule has 3 heterocycles. The number of nitrogens with zero attached hydrogens (tertiary/aromatic N) is 6. The van der Waals surface area contributed by atoms with Gasteiger partial charge in [-0.05, 0) is 42.1 Å². The number of aliphatic imine (C=N–C) groups is 1. The van der Waals surface area contributed by atoms with Crippen LogP contribution in [0.5, 0.6) is 0 Å². The molecule has 0 aromatic heterocycles. The minimum atomic E-state index is -1.11. The molecule has 13 heteroatoms. The minimum Gasteiger partial charge on any atom is -0.475 e. The lowest BCUT2D eigenvalue weighted by atomic mass is 9.82. The van der Waals surface area contributed by atoms with Crippen molar-refractivity contribution in [2.24, 2.45) is 10.9 Å². The molecule has 0 spiro atoms. The summed E-state index contributed by atoms with van der Waals surface area (Å²) in [6.45, 7) is 11.3. The predicted molar refractivity (Wildman–Crippen MR) is 179 cm³/mol. The van der Waals surface area contributed by atoms with Gasteiger partial charge in [0.15, 0.2) is 5.83 Å². The van der Waals surface area contributed by atoms with E-state index < -0.39 is 41.7 Å². The maximum atomic E-state index is 14.6. The van der Waals surface area contributed by atoms with Crippen LogP contribution in [-0.2, 0) is 9.53 Å². The third-order valence-corrected chi connectivity index (χ3v) is 10.0. The van der Waals surface area contributed by atoms with Crippen LogP contribution >= 0.6 is 23.2 Å². The average Bonchev–Trinajstić information content (AvgIpc) is 3.40. The number of dihydropyridines is 1. The first kappa shape index (κ1) is 33.6. The fourth-order valence-electron chi connectivity index (χ4n) is 7.01. The van der Waals surface area contributed by atoms with E-state index in [2.05, 4.69) is 17.5 Å². The summed E-state index contributed by atoms with van der Waals surface area (Å²) in [5.74, 6) is -3.05. The number of carbonyl (C=O) groups is 1. The zero-order valence-electron chi connectivity index (χ0n) is 26.0. The zero-order valence-corrected chi connectivity index (χ0v) is 27.5. The Kier molecular flexibility index (Phi) is 9.57. The number of carbonyl (C=O) groups excluding carboxylic acids is 1. The van der Waals surface area contributed by atoms with Crippen LogP contribution in [0.15, 0.2) is 76.2 Å². The van der Waals surface area contributed by atoms with Gasteiger partial charge in [-0.1, -0.05) is 60.1 Å². The fraction of sp³-hybridized carbons (Fsp3) is 0.371. The third kappa shape index (κ3) is 6.19. The van der Waals surface area contributed by atoms with Crippen LogP contribution in [0.3, 0.4) is 0 Å². The second-order valence-corrected chi connectivity index (χ2v) is 13.0. The highest BCUT2D eigenvalue weighted by Gasteiger charge is 2.42. The van der Waals surface area contributed by atoms with Gasteiger partial charge in [-0.3, -0.25) is 9.69 Å². The third-order valence-electron chi connectivity index (χ3n) is 9.35. The summed E-state index contributed by atoms with van der Waals surface area (Å²) >= 11 is 13.5. The Hall–Kier alpha value is -4.29. The van der Waals surface area contributed by atoms with Crippen LogP contribution in [-0.4, -0.2) is 97.2 Å². The molecule has 248 valence electrons. The molecular weight excluding hydrogens is 664 g/mol. The lowest BCUT2D eigenvalue weighted by Gasteiger charge is -2.44. The molecule has 0 radical (unpaired) electrons. The zero-order chi connectivity index (χ0) is 34.3. The molecule has 1 amide bonds. The molecule has 1 aliphatic carbocycles. The van der Waals surface area contributed by atoms with Gasteiger partial charge in [0.25, 0.3) is 5.91 Å². The number of rotatable bonds is 6. The standard InChI is InChI=1S/C35H31Cl2F3N6O2/c1-19(38)35(47)46-10-9-45(17-23(46)15-42-2)33-26-12-28(36)25(24-6-4-5-20-7-8-29(40)32(37)31(20)24)13-30(26)43-34(27(33)14-41)48-18-22-11-21(39)16-44(22)3/h4-8,12-13,21-23,26,30H,1,9-11,15-18H2,3H3/t21-,22+,23+,26?,30?/m1/s1. The average molecular weight is 696 g/mol. The van der Waals surface area contributed by atoms with Gasteiger partial charge >= 0.3 is 0 Å². The Morgan fingerprint density at radius 1 is 1.21 bits per heavy atom. The number of likely N-dealkylation sites (N-methyl/N-ethyl adjacent to an activating group) is 1. The number of allylic oxidation sites excluding steroid dienone is 2. The molecule has 0 N–H and O–H groups in total. The van der Waals surface area contributed by atoms with Gasteiger partial charge in [0.2, 0.25) is 12.4 Å². The maximum absolute atomic E-state index is 14.6. The molecule has 6 rings (SSSR count). The highest BCUT2D eigenvalue weighted by molar-refractivity contribution is 6.40. The van der Waals surface area contributed by atoms with Gasteiger partial charge in [-0.15, -0.1) is 0 Å². The van der Waals surface area contributed by atoms with Crippen molar-refractivity contribution >= 4 is 51.4 Å². The largest absolute Gasteiger partial charge is 0.475 e. The van der Waals surface area contributed by atoms with Gasteiger partial charge in [-0.2, -0.15) is 5.26 Å². The second-order valence-electron chi connectivity index (χ2n) is 12.3. The first-order valence-electron chi connectivity index (χ1n) is 15.4. The van der Waals surface area contributed by atoms with E-state index in [1.54, 1.807) is 18.2 Å². The first-order chi connectivity index (χ1) is 23.0. The molecule has 2 fully saturated rings. The summed E-state index contributed by atoms with van der Waals surface area (Å²) in [6.07, 6.45) is 2.91. The number of fused-ring (bicyclic) bond motifs is 2. The molecule has 2 aromatic carbocycles. The van der Waals surface area contributed by atoms with E-state index in [9.17, 15) is 23.2 Å². The Balaban J connectivity index is 1.43. The normalized spacial score (nSPS) is 25.9. The number of piperazine rings is 1. The van der Waals surface area contributed by atoms with Crippen molar-refractivity contribution in [3.63, 3.8) is 0 Å². The van der Waals surface area contributed by atoms with E-state index in [4.69, 9.17) is 39.5 Å². The second kappa shape index (κ2) is 13.7. The number of alkyl halides is 1. The summed E-state index contributed by atoms with van der Waals surface area (Å²) in [4.78, 5) is 26.0. The number of hydrogen-bond donors (Lipinski definition) is 0. The highest BCUT2D eigenvalue weighted by atomic mass is 35.5. The van der Waals surface area contributed by atoms with E-state index in [0.29, 0.717) is 27.3 Å². The van der Waals surface area contributed by atoms with Gasteiger partial charge < -0.3 is 19.4 Å². The van der Waals surface area contributed by atoms with E-state index >= 15 is 0 Å². The number of likely N-dealkylation sites (tertiary alicyclic amines) is 1. The monoisotopic (exact) mass is 694 g/mol. The van der Waals surface area contributed by atoms with Crippen molar-refractivity contribution in [3.8, 4) is 6.07 Å². The Morgan fingerprint density at radius 3 is 2.69 bits per heavy atom. The molecule has 2 saturated heterocycles. The summed E-state index contributed by atoms with van der Waals surface area (Å²) in [5.41, 5.74) is 1.85. The smallest absolute Gasteiger partial charge is 0.282 e. The van der Waals surface area contributed by atoms with Gasteiger partial charge in [0.1, 0.15) is 36.3 Å². The van der Waals surface area contributed by atoms with Gasteiger partial charge in [-0.25, -0.2) is 24.7 Å². The number of ether oxygens (including phenoxy) is 1. The Labute approximate surface area is 286 Å². The molecule has 0 saturated carbocycles. The van der Waals surface area contributed by atoms with Gasteiger partial charge in [0, 0.05) is 54.3 Å².